The average molecular weight is 266 g/mol. The Balaban J connectivity index is 2.04. The van der Waals surface area contributed by atoms with Crippen molar-refractivity contribution < 1.29 is 8.78 Å². The summed E-state index contributed by atoms with van der Waals surface area (Å²) in [7, 11) is 0. The third-order valence-electron chi connectivity index (χ3n) is 3.55. The summed E-state index contributed by atoms with van der Waals surface area (Å²) < 4.78 is 30.1. The highest BCUT2D eigenvalue weighted by Gasteiger charge is 2.29. The molecule has 2 nitrogen and oxygen atoms in total. The van der Waals surface area contributed by atoms with Crippen LogP contribution in [0.5, 0.6) is 0 Å². The molecule has 0 bridgehead atoms. The summed E-state index contributed by atoms with van der Waals surface area (Å²) in [4.78, 5) is 3.07. The minimum atomic E-state index is -0.474. The Hall–Kier alpha value is -1.49. The van der Waals surface area contributed by atoms with Gasteiger partial charge in [-0.25, -0.2) is 8.78 Å². The Morgan fingerprint density at radius 2 is 2.00 bits per heavy atom. The van der Waals surface area contributed by atoms with E-state index in [9.17, 15) is 8.78 Å². The lowest BCUT2D eigenvalue weighted by molar-refractivity contribution is 0.512. The first kappa shape index (κ1) is 11.6. The van der Waals surface area contributed by atoms with E-state index in [1.54, 1.807) is 0 Å². The zero-order valence-corrected chi connectivity index (χ0v) is 10.7. The molecule has 1 aliphatic heterocycles. The minimum absolute atomic E-state index is 0.170. The van der Waals surface area contributed by atoms with Crippen LogP contribution in [0.15, 0.2) is 18.2 Å². The number of nitrogens with zero attached hydrogens (tertiary/aromatic N) is 1. The van der Waals surface area contributed by atoms with Crippen LogP contribution < -0.4 is 0 Å². The smallest absolute Gasteiger partial charge is 0.177 e. The van der Waals surface area contributed by atoms with Gasteiger partial charge in [-0.15, -0.1) is 0 Å². The Labute approximate surface area is 108 Å². The fourth-order valence-electron chi connectivity index (χ4n) is 2.69. The van der Waals surface area contributed by atoms with Crippen molar-refractivity contribution in [3.63, 3.8) is 0 Å². The third-order valence-corrected chi connectivity index (χ3v) is 3.87. The van der Waals surface area contributed by atoms with Crippen LogP contribution >= 0.6 is 12.2 Å². The second-order valence-corrected chi connectivity index (χ2v) is 5.04. The molecule has 1 aliphatic rings. The molecular formula is C13H12F2N2S. The van der Waals surface area contributed by atoms with E-state index in [0.717, 1.165) is 11.4 Å². The van der Waals surface area contributed by atoms with Crippen molar-refractivity contribution >= 4 is 12.2 Å². The second kappa shape index (κ2) is 4.02. The van der Waals surface area contributed by atoms with Gasteiger partial charge in [0.2, 0.25) is 0 Å². The van der Waals surface area contributed by atoms with E-state index in [-0.39, 0.29) is 11.5 Å². The lowest BCUT2D eigenvalue weighted by Gasteiger charge is -2.11. The SMILES string of the molecule is Cc1[nH]c(=S)n2c1C[C@H](c1c(F)cccc1F)C2. The zero-order chi connectivity index (χ0) is 12.9. The maximum Gasteiger partial charge on any atom is 0.177 e. The van der Waals surface area contributed by atoms with Gasteiger partial charge in [0.05, 0.1) is 0 Å². The maximum atomic E-state index is 13.7. The van der Waals surface area contributed by atoms with Crippen LogP contribution in [0.4, 0.5) is 8.78 Å². The van der Waals surface area contributed by atoms with Crippen LogP contribution in [-0.4, -0.2) is 9.55 Å². The van der Waals surface area contributed by atoms with Gasteiger partial charge in [0.15, 0.2) is 4.77 Å². The molecule has 0 aliphatic carbocycles. The van der Waals surface area contributed by atoms with Gasteiger partial charge in [0, 0.05) is 29.4 Å². The van der Waals surface area contributed by atoms with Crippen molar-refractivity contribution in [3.05, 3.63) is 51.6 Å². The molecule has 1 N–H and O–H groups in total. The maximum absolute atomic E-state index is 13.7. The molecule has 0 unspecified atom stereocenters. The highest BCUT2D eigenvalue weighted by molar-refractivity contribution is 7.71. The van der Waals surface area contributed by atoms with Gasteiger partial charge in [-0.2, -0.15) is 0 Å². The monoisotopic (exact) mass is 266 g/mol. The molecule has 94 valence electrons. The van der Waals surface area contributed by atoms with Gasteiger partial charge < -0.3 is 9.55 Å². The largest absolute Gasteiger partial charge is 0.335 e. The molecule has 0 saturated heterocycles. The molecule has 2 aromatic rings. The number of rotatable bonds is 1. The van der Waals surface area contributed by atoms with Crippen molar-refractivity contribution in [2.24, 2.45) is 0 Å². The molecule has 1 aromatic heterocycles. The van der Waals surface area contributed by atoms with Crippen LogP contribution in [0.25, 0.3) is 0 Å². The normalized spacial score (nSPS) is 18.1. The van der Waals surface area contributed by atoms with E-state index in [1.165, 1.54) is 18.2 Å². The number of halogens is 2. The number of aromatic nitrogens is 2. The molecular weight excluding hydrogens is 254 g/mol. The molecule has 0 spiro atoms. The number of H-pyrrole nitrogens is 1. The topological polar surface area (TPSA) is 20.7 Å². The lowest BCUT2D eigenvalue weighted by Crippen LogP contribution is -2.07. The lowest BCUT2D eigenvalue weighted by atomic mass is 9.95. The summed E-state index contributed by atoms with van der Waals surface area (Å²) in [5.74, 6) is -1.12. The Morgan fingerprint density at radius 1 is 1.33 bits per heavy atom. The number of benzene rings is 1. The summed E-state index contributed by atoms with van der Waals surface area (Å²) in [6, 6.07) is 4.00. The average Bonchev–Trinajstić information content (AvgIpc) is 2.82. The predicted octanol–water partition coefficient (Wildman–Crippen LogP) is 3.47. The van der Waals surface area contributed by atoms with E-state index in [2.05, 4.69) is 4.98 Å². The van der Waals surface area contributed by atoms with E-state index < -0.39 is 11.6 Å². The third kappa shape index (κ3) is 1.61. The van der Waals surface area contributed by atoms with E-state index in [0.29, 0.717) is 17.7 Å². The standard InChI is InChI=1S/C13H12F2N2S/c1-7-11-5-8(6-17(11)13(18)16-7)12-9(14)3-2-4-10(12)15/h2-4,8H,5-6H2,1H3,(H,16,18)/t8-/m0/s1. The molecule has 3 rings (SSSR count). The fourth-order valence-corrected chi connectivity index (χ4v) is 3.03. The van der Waals surface area contributed by atoms with E-state index >= 15 is 0 Å². The molecule has 0 fully saturated rings. The van der Waals surface area contributed by atoms with Crippen LogP contribution in [0, 0.1) is 23.3 Å². The zero-order valence-electron chi connectivity index (χ0n) is 9.84. The summed E-state index contributed by atoms with van der Waals surface area (Å²) in [6.07, 6.45) is 0.622. The van der Waals surface area contributed by atoms with Crippen molar-refractivity contribution in [1.82, 2.24) is 9.55 Å². The highest BCUT2D eigenvalue weighted by Crippen LogP contribution is 2.34. The van der Waals surface area contributed by atoms with Crippen molar-refractivity contribution in [3.8, 4) is 0 Å². The molecule has 0 amide bonds. The van der Waals surface area contributed by atoms with Gasteiger partial charge >= 0.3 is 0 Å². The Morgan fingerprint density at radius 3 is 2.61 bits per heavy atom. The number of fused-ring (bicyclic) bond motifs is 1. The number of hydrogen-bond donors (Lipinski definition) is 1. The minimum Gasteiger partial charge on any atom is -0.335 e. The first-order chi connectivity index (χ1) is 8.58. The van der Waals surface area contributed by atoms with Crippen molar-refractivity contribution in [2.45, 2.75) is 25.8 Å². The Kier molecular flexibility index (Phi) is 2.59. The molecule has 0 saturated carbocycles. The number of nitrogens with one attached hydrogen (secondary N) is 1. The number of imidazole rings is 1. The molecule has 2 heterocycles. The molecule has 0 radical (unpaired) electrons. The molecule has 1 atom stereocenters. The number of hydrogen-bond acceptors (Lipinski definition) is 1. The van der Waals surface area contributed by atoms with Gasteiger partial charge in [-0.1, -0.05) is 6.07 Å². The number of aryl methyl sites for hydroxylation is 1. The van der Waals surface area contributed by atoms with Crippen molar-refractivity contribution in [2.75, 3.05) is 0 Å². The molecule has 1 aromatic carbocycles. The van der Waals surface area contributed by atoms with Gasteiger partial charge in [0.1, 0.15) is 11.6 Å². The van der Waals surface area contributed by atoms with Crippen LogP contribution in [0.3, 0.4) is 0 Å². The number of aromatic amines is 1. The van der Waals surface area contributed by atoms with E-state index in [1.807, 2.05) is 11.5 Å². The van der Waals surface area contributed by atoms with E-state index in [4.69, 9.17) is 12.2 Å². The van der Waals surface area contributed by atoms with Gasteiger partial charge in [-0.3, -0.25) is 0 Å². The van der Waals surface area contributed by atoms with Crippen LogP contribution in [0.1, 0.15) is 22.9 Å². The summed E-state index contributed by atoms with van der Waals surface area (Å²) in [5, 5.41) is 0. The summed E-state index contributed by atoms with van der Waals surface area (Å²) in [5.41, 5.74) is 2.21. The van der Waals surface area contributed by atoms with Crippen LogP contribution in [-0.2, 0) is 13.0 Å². The second-order valence-electron chi connectivity index (χ2n) is 4.65. The molecule has 5 heteroatoms. The first-order valence-electron chi connectivity index (χ1n) is 5.80. The Bertz CT molecular complexity index is 652. The summed E-state index contributed by atoms with van der Waals surface area (Å²) in [6.45, 7) is 2.47. The molecule has 18 heavy (non-hydrogen) atoms. The fraction of sp³-hybridized carbons (Fsp3) is 0.308. The first-order valence-corrected chi connectivity index (χ1v) is 6.21. The van der Waals surface area contributed by atoms with Crippen molar-refractivity contribution in [1.29, 1.82) is 0 Å². The van der Waals surface area contributed by atoms with Crippen LogP contribution in [0.2, 0.25) is 0 Å². The highest BCUT2D eigenvalue weighted by atomic mass is 32.1. The predicted molar refractivity (Wildman–Crippen MR) is 67.2 cm³/mol. The quantitative estimate of drug-likeness (QED) is 0.784. The summed E-state index contributed by atoms with van der Waals surface area (Å²) >= 11 is 5.19. The van der Waals surface area contributed by atoms with Gasteiger partial charge in [-0.05, 0) is 37.7 Å². The van der Waals surface area contributed by atoms with Gasteiger partial charge in [0.25, 0.3) is 0 Å².